The normalized spacial score (nSPS) is 14.9. The van der Waals surface area contributed by atoms with Crippen molar-refractivity contribution in [1.82, 2.24) is 24.4 Å². The predicted molar refractivity (Wildman–Crippen MR) is 131 cm³/mol. The molecule has 0 aliphatic carbocycles. The van der Waals surface area contributed by atoms with Crippen molar-refractivity contribution in [3.63, 3.8) is 0 Å². The van der Waals surface area contributed by atoms with Crippen molar-refractivity contribution in [2.24, 2.45) is 0 Å². The van der Waals surface area contributed by atoms with Crippen molar-refractivity contribution < 1.29 is 27.9 Å². The number of aromatic nitrogens is 4. The second-order valence-corrected chi connectivity index (χ2v) is 10.8. The van der Waals surface area contributed by atoms with Crippen molar-refractivity contribution in [2.75, 3.05) is 18.6 Å². The average molecular weight is 516 g/mol. The van der Waals surface area contributed by atoms with E-state index in [1.165, 1.54) is 12.7 Å². The molecule has 13 heteroatoms. The molecule has 1 atom stereocenters. The van der Waals surface area contributed by atoms with E-state index in [2.05, 4.69) is 15.0 Å². The molecular formula is C23H29N6O6P. The number of nitrogen functional groups attached to an aromatic ring is 1. The summed E-state index contributed by atoms with van der Waals surface area (Å²) in [6.07, 6.45) is 0.928. The SMILES string of the molecule is CC(C)OP(=O)(COC(CN1C(=O)c2ccccc2C1=O)Cn1cnc2c(N)ncnc21)OC(C)C. The van der Waals surface area contributed by atoms with E-state index < -0.39 is 25.5 Å². The first-order valence-electron chi connectivity index (χ1n) is 11.5. The van der Waals surface area contributed by atoms with E-state index in [0.717, 1.165) is 4.90 Å². The van der Waals surface area contributed by atoms with Crippen molar-refractivity contribution in [1.29, 1.82) is 0 Å². The Balaban J connectivity index is 1.61. The Morgan fingerprint density at radius 2 is 1.56 bits per heavy atom. The molecule has 4 rings (SSSR count). The fraction of sp³-hybridized carbons (Fsp3) is 0.435. The van der Waals surface area contributed by atoms with Gasteiger partial charge < -0.3 is 24.1 Å². The number of nitrogens with zero attached hydrogens (tertiary/aromatic N) is 5. The second kappa shape index (κ2) is 10.4. The van der Waals surface area contributed by atoms with E-state index in [0.29, 0.717) is 22.3 Å². The highest BCUT2D eigenvalue weighted by molar-refractivity contribution is 7.53. The van der Waals surface area contributed by atoms with Crippen LogP contribution in [0.3, 0.4) is 0 Å². The third kappa shape index (κ3) is 5.46. The minimum Gasteiger partial charge on any atom is -0.382 e. The Bertz CT molecular complexity index is 1280. The molecule has 2 aromatic heterocycles. The van der Waals surface area contributed by atoms with Crippen LogP contribution >= 0.6 is 7.60 Å². The van der Waals surface area contributed by atoms with Gasteiger partial charge in [0, 0.05) is 0 Å². The highest BCUT2D eigenvalue weighted by Gasteiger charge is 2.38. The van der Waals surface area contributed by atoms with Crippen LogP contribution in [0.15, 0.2) is 36.9 Å². The zero-order valence-corrected chi connectivity index (χ0v) is 21.4. The molecule has 0 saturated heterocycles. The van der Waals surface area contributed by atoms with Gasteiger partial charge >= 0.3 is 7.60 Å². The zero-order valence-electron chi connectivity index (χ0n) is 20.5. The molecule has 192 valence electrons. The Morgan fingerprint density at radius 1 is 0.944 bits per heavy atom. The molecule has 2 N–H and O–H groups in total. The van der Waals surface area contributed by atoms with Gasteiger partial charge in [0.05, 0.1) is 48.9 Å². The fourth-order valence-electron chi connectivity index (χ4n) is 3.95. The standard InChI is InChI=1S/C23H29N6O6P/c1-14(2)34-36(32,35-15(3)4)13-33-16(9-28-12-27-19-20(24)25-11-26-21(19)28)10-29-22(30)17-7-5-6-8-18(17)23(29)31/h5-8,11-12,14-16H,9-10,13H2,1-4H3,(H2,24,25,26). The highest BCUT2D eigenvalue weighted by Crippen LogP contribution is 2.50. The Morgan fingerprint density at radius 3 is 2.14 bits per heavy atom. The quantitative estimate of drug-likeness (QED) is 0.297. The van der Waals surface area contributed by atoms with Crippen molar-refractivity contribution >= 4 is 36.4 Å². The molecule has 1 unspecified atom stereocenters. The van der Waals surface area contributed by atoms with Gasteiger partial charge in [-0.2, -0.15) is 0 Å². The lowest BCUT2D eigenvalue weighted by Gasteiger charge is -2.27. The lowest BCUT2D eigenvalue weighted by Crippen LogP contribution is -2.40. The highest BCUT2D eigenvalue weighted by atomic mass is 31.2. The number of amides is 2. The van der Waals surface area contributed by atoms with Gasteiger partial charge in [-0.25, -0.2) is 15.0 Å². The van der Waals surface area contributed by atoms with Gasteiger partial charge in [0.25, 0.3) is 11.8 Å². The molecule has 1 aliphatic heterocycles. The summed E-state index contributed by atoms with van der Waals surface area (Å²) in [4.78, 5) is 39.5. The zero-order chi connectivity index (χ0) is 26.0. The molecule has 0 spiro atoms. The molecule has 3 aromatic rings. The van der Waals surface area contributed by atoms with Crippen LogP contribution in [0.4, 0.5) is 5.82 Å². The second-order valence-electron chi connectivity index (χ2n) is 8.93. The van der Waals surface area contributed by atoms with Gasteiger partial charge in [-0.1, -0.05) is 12.1 Å². The van der Waals surface area contributed by atoms with E-state index in [-0.39, 0.29) is 37.5 Å². The third-order valence-electron chi connectivity index (χ3n) is 5.31. The number of anilines is 1. The van der Waals surface area contributed by atoms with E-state index in [1.807, 2.05) is 0 Å². The number of benzene rings is 1. The van der Waals surface area contributed by atoms with Crippen LogP contribution in [0.1, 0.15) is 48.4 Å². The summed E-state index contributed by atoms with van der Waals surface area (Å²) in [5.74, 6) is -0.630. The number of hydrogen-bond acceptors (Lipinski definition) is 10. The summed E-state index contributed by atoms with van der Waals surface area (Å²) in [6.45, 7) is 7.00. The molecule has 0 saturated carbocycles. The minimum atomic E-state index is -3.65. The van der Waals surface area contributed by atoms with Crippen LogP contribution in [0.2, 0.25) is 0 Å². The molecule has 2 amide bonds. The molecule has 0 fully saturated rings. The van der Waals surface area contributed by atoms with Crippen LogP contribution in [0.25, 0.3) is 11.2 Å². The van der Waals surface area contributed by atoms with Gasteiger partial charge in [-0.3, -0.25) is 19.1 Å². The van der Waals surface area contributed by atoms with Crippen LogP contribution in [-0.2, 0) is 24.9 Å². The first-order chi connectivity index (χ1) is 17.1. The van der Waals surface area contributed by atoms with Crippen LogP contribution < -0.4 is 5.73 Å². The maximum absolute atomic E-state index is 13.4. The number of imide groups is 1. The Hall–Kier alpha value is -3.18. The maximum atomic E-state index is 13.4. The minimum absolute atomic E-state index is 0.101. The summed E-state index contributed by atoms with van der Waals surface area (Å²) in [6, 6.07) is 6.61. The molecule has 1 aliphatic rings. The molecular weight excluding hydrogens is 487 g/mol. The predicted octanol–water partition coefficient (Wildman–Crippen LogP) is 3.09. The third-order valence-corrected chi connectivity index (χ3v) is 7.26. The van der Waals surface area contributed by atoms with Crippen molar-refractivity contribution in [3.8, 4) is 0 Å². The number of fused-ring (bicyclic) bond motifs is 2. The molecule has 1 aromatic carbocycles. The number of nitrogens with two attached hydrogens (primary N) is 1. The summed E-state index contributed by atoms with van der Waals surface area (Å²) < 4.78 is 32.3. The first kappa shape index (κ1) is 25.9. The summed E-state index contributed by atoms with van der Waals surface area (Å²) in [5, 5.41) is 0. The maximum Gasteiger partial charge on any atom is 0.356 e. The van der Waals surface area contributed by atoms with E-state index in [4.69, 9.17) is 19.5 Å². The van der Waals surface area contributed by atoms with E-state index in [9.17, 15) is 14.2 Å². The first-order valence-corrected chi connectivity index (χ1v) is 13.2. The molecule has 36 heavy (non-hydrogen) atoms. The van der Waals surface area contributed by atoms with Gasteiger partial charge in [-0.15, -0.1) is 0 Å². The number of imidazole rings is 1. The Kier molecular flexibility index (Phi) is 7.51. The topological polar surface area (TPSA) is 152 Å². The summed E-state index contributed by atoms with van der Waals surface area (Å²) in [5.41, 5.74) is 7.42. The van der Waals surface area contributed by atoms with Crippen LogP contribution in [0, 0.1) is 0 Å². The monoisotopic (exact) mass is 516 g/mol. The summed E-state index contributed by atoms with van der Waals surface area (Å²) >= 11 is 0. The lowest BCUT2D eigenvalue weighted by molar-refractivity contribution is 0.0225. The van der Waals surface area contributed by atoms with Crippen molar-refractivity contribution in [2.45, 2.75) is 52.6 Å². The summed E-state index contributed by atoms with van der Waals surface area (Å²) in [7, 11) is -3.65. The number of hydrogen-bond donors (Lipinski definition) is 1. The van der Waals surface area contributed by atoms with Gasteiger partial charge in [0.1, 0.15) is 18.2 Å². The van der Waals surface area contributed by atoms with Gasteiger partial charge in [0.15, 0.2) is 11.5 Å². The average Bonchev–Trinajstić information content (AvgIpc) is 3.32. The fourth-order valence-corrected chi connectivity index (χ4v) is 5.80. The van der Waals surface area contributed by atoms with Crippen LogP contribution in [0.5, 0.6) is 0 Å². The molecule has 0 radical (unpaired) electrons. The largest absolute Gasteiger partial charge is 0.382 e. The number of carbonyl (C=O) groups excluding carboxylic acids is 2. The van der Waals surface area contributed by atoms with Crippen LogP contribution in [-0.4, -0.2) is 67.4 Å². The molecule has 12 nitrogen and oxygen atoms in total. The Labute approximate surface area is 208 Å². The number of rotatable bonds is 11. The lowest BCUT2D eigenvalue weighted by atomic mass is 10.1. The van der Waals surface area contributed by atoms with Gasteiger partial charge in [-0.05, 0) is 39.8 Å². The van der Waals surface area contributed by atoms with Gasteiger partial charge in [0.2, 0.25) is 0 Å². The number of ether oxygens (including phenoxy) is 1. The number of carbonyl (C=O) groups is 2. The molecule has 3 heterocycles. The van der Waals surface area contributed by atoms with E-state index >= 15 is 0 Å². The van der Waals surface area contributed by atoms with Crippen molar-refractivity contribution in [3.05, 3.63) is 48.0 Å². The smallest absolute Gasteiger partial charge is 0.356 e. The molecule has 0 bridgehead atoms. The van der Waals surface area contributed by atoms with E-state index in [1.54, 1.807) is 56.5 Å².